The first-order chi connectivity index (χ1) is 11.6. The van der Waals surface area contributed by atoms with Crippen LogP contribution in [0.25, 0.3) is 0 Å². The summed E-state index contributed by atoms with van der Waals surface area (Å²) in [4.78, 5) is 2.37. The van der Waals surface area contributed by atoms with Gasteiger partial charge in [-0.25, -0.2) is 4.68 Å². The van der Waals surface area contributed by atoms with Crippen molar-refractivity contribution in [3.05, 3.63) is 47.1 Å². The first-order valence-electron chi connectivity index (χ1n) is 8.43. The third-order valence-electron chi connectivity index (χ3n) is 4.95. The molecule has 124 valence electrons. The van der Waals surface area contributed by atoms with E-state index in [1.165, 1.54) is 0 Å². The molecule has 1 fully saturated rings. The average molecular weight is 342 g/mol. The Morgan fingerprint density at radius 2 is 2.21 bits per heavy atom. The van der Waals surface area contributed by atoms with Crippen molar-refractivity contribution in [3.63, 3.8) is 0 Å². The Hall–Kier alpha value is -1.96. The molecule has 2 aromatic rings. The summed E-state index contributed by atoms with van der Waals surface area (Å²) >= 11 is 6.00. The van der Waals surface area contributed by atoms with E-state index in [2.05, 4.69) is 27.9 Å². The second kappa shape index (κ2) is 6.16. The van der Waals surface area contributed by atoms with E-state index in [-0.39, 0.29) is 0 Å². The zero-order valence-corrected chi connectivity index (χ0v) is 14.2. The summed E-state index contributed by atoms with van der Waals surface area (Å²) in [6, 6.07) is 9.83. The van der Waals surface area contributed by atoms with Crippen molar-refractivity contribution in [3.8, 4) is 11.8 Å². The van der Waals surface area contributed by atoms with Crippen LogP contribution in [0.1, 0.15) is 31.2 Å². The molecule has 0 unspecified atom stereocenters. The van der Waals surface area contributed by atoms with E-state index in [0.717, 1.165) is 43.7 Å². The van der Waals surface area contributed by atoms with Gasteiger partial charge in [0.2, 0.25) is 0 Å². The van der Waals surface area contributed by atoms with Crippen LogP contribution < -0.4 is 4.90 Å². The summed E-state index contributed by atoms with van der Waals surface area (Å²) < 4.78 is 2.03. The fourth-order valence-electron chi connectivity index (χ4n) is 3.79. The predicted octanol–water partition coefficient (Wildman–Crippen LogP) is 3.08. The minimum absolute atomic E-state index is 0.315. The maximum absolute atomic E-state index is 11.0. The van der Waals surface area contributed by atoms with Crippen molar-refractivity contribution in [2.45, 2.75) is 43.9 Å². The standard InChI is InChI=1S/C19H20ClN3O/c20-16-4-1-3-15(13-16)6-9-19(24)8-2-5-17(14-19)22-11-12-23-18(22)7-10-21-23/h1,3-4,7,10,13,17,24H,2,5,8,11-12,14H2/t17-,19+/m1/s1. The normalized spacial score (nSPS) is 25.9. The summed E-state index contributed by atoms with van der Waals surface area (Å²) in [7, 11) is 0. The maximum Gasteiger partial charge on any atom is 0.127 e. The SMILES string of the molecule is O[C@]1(C#Cc2cccc(Cl)c2)CCC[C@@H](N2CCn3nccc32)C1. The lowest BCUT2D eigenvalue weighted by molar-refractivity contribution is 0.0519. The second-order valence-corrected chi connectivity index (χ2v) is 7.08. The van der Waals surface area contributed by atoms with E-state index in [4.69, 9.17) is 11.6 Å². The van der Waals surface area contributed by atoms with Crippen LogP contribution in [0, 0.1) is 11.8 Å². The molecular formula is C19H20ClN3O. The highest BCUT2D eigenvalue weighted by Crippen LogP contribution is 2.35. The summed E-state index contributed by atoms with van der Waals surface area (Å²) in [5.41, 5.74) is -0.0871. The van der Waals surface area contributed by atoms with Crippen molar-refractivity contribution in [2.75, 3.05) is 11.4 Å². The molecule has 1 aliphatic carbocycles. The smallest absolute Gasteiger partial charge is 0.127 e. The minimum atomic E-state index is -0.932. The Kier molecular flexibility index (Phi) is 3.99. The highest BCUT2D eigenvalue weighted by molar-refractivity contribution is 6.30. The number of hydrogen-bond acceptors (Lipinski definition) is 3. The number of fused-ring (bicyclic) bond motifs is 1. The number of hydrogen-bond donors (Lipinski definition) is 1. The number of aromatic nitrogens is 2. The Morgan fingerprint density at radius 1 is 1.29 bits per heavy atom. The molecule has 1 saturated carbocycles. The topological polar surface area (TPSA) is 41.3 Å². The van der Waals surface area contributed by atoms with Gasteiger partial charge >= 0.3 is 0 Å². The van der Waals surface area contributed by atoms with Crippen LogP contribution in [0.5, 0.6) is 0 Å². The Balaban J connectivity index is 1.52. The number of nitrogens with zero attached hydrogens (tertiary/aromatic N) is 3. The lowest BCUT2D eigenvalue weighted by atomic mass is 9.81. The van der Waals surface area contributed by atoms with E-state index in [9.17, 15) is 5.11 Å². The first-order valence-corrected chi connectivity index (χ1v) is 8.80. The zero-order chi connectivity index (χ0) is 16.6. The number of aliphatic hydroxyl groups is 1. The van der Waals surface area contributed by atoms with Gasteiger partial charge in [-0.15, -0.1) is 0 Å². The van der Waals surface area contributed by atoms with Gasteiger partial charge in [0, 0.05) is 35.7 Å². The van der Waals surface area contributed by atoms with Crippen LogP contribution in [-0.4, -0.2) is 33.1 Å². The molecule has 0 amide bonds. The molecule has 0 spiro atoms. The summed E-state index contributed by atoms with van der Waals surface area (Å²) in [6.07, 6.45) is 5.31. The Bertz CT molecular complexity index is 806. The first kappa shape index (κ1) is 15.6. The van der Waals surface area contributed by atoms with E-state index in [1.54, 1.807) is 0 Å². The fraction of sp³-hybridized carbons (Fsp3) is 0.421. The molecule has 0 saturated heterocycles. The minimum Gasteiger partial charge on any atom is -0.378 e. The number of halogens is 1. The van der Waals surface area contributed by atoms with Gasteiger partial charge in [-0.05, 0) is 37.5 Å². The van der Waals surface area contributed by atoms with Gasteiger partial charge in [0.05, 0.1) is 12.7 Å². The van der Waals surface area contributed by atoms with Gasteiger partial charge in [0.25, 0.3) is 0 Å². The highest BCUT2D eigenvalue weighted by Gasteiger charge is 2.37. The van der Waals surface area contributed by atoms with E-state index >= 15 is 0 Å². The van der Waals surface area contributed by atoms with Crippen LogP contribution in [0.4, 0.5) is 5.82 Å². The van der Waals surface area contributed by atoms with Crippen molar-refractivity contribution < 1.29 is 5.11 Å². The van der Waals surface area contributed by atoms with Crippen LogP contribution >= 0.6 is 11.6 Å². The van der Waals surface area contributed by atoms with Gasteiger partial charge in [-0.3, -0.25) is 0 Å². The molecule has 1 aromatic carbocycles. The molecule has 4 rings (SSSR count). The molecule has 1 N–H and O–H groups in total. The quantitative estimate of drug-likeness (QED) is 0.810. The average Bonchev–Trinajstić information content (AvgIpc) is 3.16. The molecule has 1 aliphatic heterocycles. The number of benzene rings is 1. The molecule has 2 aliphatic rings. The lowest BCUT2D eigenvalue weighted by Gasteiger charge is -2.38. The number of anilines is 1. The van der Waals surface area contributed by atoms with Gasteiger partial charge in [0.15, 0.2) is 0 Å². The molecule has 4 nitrogen and oxygen atoms in total. The third kappa shape index (κ3) is 3.02. The predicted molar refractivity (Wildman–Crippen MR) is 95.1 cm³/mol. The summed E-state index contributed by atoms with van der Waals surface area (Å²) in [5.74, 6) is 7.37. The van der Waals surface area contributed by atoms with Crippen LogP contribution in [0.3, 0.4) is 0 Å². The molecule has 24 heavy (non-hydrogen) atoms. The second-order valence-electron chi connectivity index (χ2n) is 6.65. The lowest BCUT2D eigenvalue weighted by Crippen LogP contribution is -2.45. The molecule has 0 radical (unpaired) electrons. The van der Waals surface area contributed by atoms with Crippen molar-refractivity contribution >= 4 is 17.4 Å². The number of rotatable bonds is 1. The maximum atomic E-state index is 11.0. The van der Waals surface area contributed by atoms with Crippen LogP contribution in [-0.2, 0) is 6.54 Å². The summed E-state index contributed by atoms with van der Waals surface area (Å²) in [6.45, 7) is 1.89. The van der Waals surface area contributed by atoms with Gasteiger partial charge in [-0.1, -0.05) is 29.5 Å². The third-order valence-corrected chi connectivity index (χ3v) is 5.18. The highest BCUT2D eigenvalue weighted by atomic mass is 35.5. The molecule has 5 heteroatoms. The van der Waals surface area contributed by atoms with E-state index < -0.39 is 5.60 Å². The van der Waals surface area contributed by atoms with Gasteiger partial charge < -0.3 is 10.0 Å². The van der Waals surface area contributed by atoms with Gasteiger partial charge in [0.1, 0.15) is 11.4 Å². The largest absolute Gasteiger partial charge is 0.378 e. The van der Waals surface area contributed by atoms with Crippen LogP contribution in [0.15, 0.2) is 36.5 Å². The van der Waals surface area contributed by atoms with Crippen LogP contribution in [0.2, 0.25) is 5.02 Å². The van der Waals surface area contributed by atoms with Crippen molar-refractivity contribution in [1.82, 2.24) is 9.78 Å². The summed E-state index contributed by atoms with van der Waals surface area (Å²) in [5, 5.41) is 16.0. The molecule has 2 heterocycles. The Morgan fingerprint density at radius 3 is 3.08 bits per heavy atom. The molecule has 0 bridgehead atoms. The monoisotopic (exact) mass is 341 g/mol. The van der Waals surface area contributed by atoms with E-state index in [0.29, 0.717) is 17.5 Å². The molecular weight excluding hydrogens is 322 g/mol. The zero-order valence-electron chi connectivity index (χ0n) is 13.5. The van der Waals surface area contributed by atoms with Crippen molar-refractivity contribution in [2.24, 2.45) is 0 Å². The van der Waals surface area contributed by atoms with Gasteiger partial charge in [-0.2, -0.15) is 5.10 Å². The molecule has 1 aromatic heterocycles. The Labute approximate surface area is 147 Å². The van der Waals surface area contributed by atoms with E-state index in [1.807, 2.05) is 35.1 Å². The van der Waals surface area contributed by atoms with Crippen molar-refractivity contribution in [1.29, 1.82) is 0 Å². The fourth-order valence-corrected chi connectivity index (χ4v) is 3.98. The molecule has 2 atom stereocenters.